The van der Waals surface area contributed by atoms with E-state index in [9.17, 15) is 4.79 Å². The molecular weight excluding hydrogens is 194 g/mol. The molecule has 84 valence electrons. The fraction of sp³-hybridized carbons (Fsp3) is 0.667. The predicted octanol–water partition coefficient (Wildman–Crippen LogP) is -0.476. The van der Waals surface area contributed by atoms with Gasteiger partial charge in [-0.1, -0.05) is 0 Å². The van der Waals surface area contributed by atoms with Crippen LogP contribution in [0.4, 0.5) is 0 Å². The van der Waals surface area contributed by atoms with Crippen LogP contribution in [0, 0.1) is 0 Å². The molecule has 6 heteroatoms. The third kappa shape index (κ3) is 3.67. The molecule has 0 unspecified atom stereocenters. The van der Waals surface area contributed by atoms with Crippen LogP contribution in [-0.4, -0.2) is 33.8 Å². The highest BCUT2D eigenvalue weighted by molar-refractivity contribution is 5.77. The van der Waals surface area contributed by atoms with Crippen LogP contribution < -0.4 is 10.6 Å². The highest BCUT2D eigenvalue weighted by atomic mass is 16.1. The van der Waals surface area contributed by atoms with Crippen LogP contribution in [0.15, 0.2) is 6.33 Å². The number of nitrogens with one attached hydrogen (secondary N) is 2. The van der Waals surface area contributed by atoms with Crippen LogP contribution in [0.5, 0.6) is 0 Å². The van der Waals surface area contributed by atoms with Gasteiger partial charge in [0, 0.05) is 13.1 Å². The number of carbonyl (C=O) groups is 1. The highest BCUT2D eigenvalue weighted by Crippen LogP contribution is 1.93. The summed E-state index contributed by atoms with van der Waals surface area (Å²) in [5.74, 6) is 0.849. The number of nitrogens with zero attached hydrogens (tertiary/aromatic N) is 3. The molecule has 0 saturated heterocycles. The van der Waals surface area contributed by atoms with E-state index in [0.29, 0.717) is 19.6 Å². The molecule has 1 heterocycles. The number of carbonyl (C=O) groups excluding carboxylic acids is 1. The molecule has 0 radical (unpaired) electrons. The second kappa shape index (κ2) is 6.13. The van der Waals surface area contributed by atoms with Crippen LogP contribution in [0.1, 0.15) is 19.7 Å². The molecule has 0 atom stereocenters. The van der Waals surface area contributed by atoms with E-state index in [1.54, 1.807) is 6.33 Å². The molecule has 1 aromatic rings. The zero-order valence-corrected chi connectivity index (χ0v) is 9.16. The first-order chi connectivity index (χ1) is 7.27. The number of aryl methyl sites for hydroxylation is 1. The number of amides is 1. The summed E-state index contributed by atoms with van der Waals surface area (Å²) in [5, 5.41) is 13.5. The average molecular weight is 211 g/mol. The van der Waals surface area contributed by atoms with Crippen molar-refractivity contribution in [2.75, 3.05) is 13.1 Å². The Kier molecular flexibility index (Phi) is 4.76. The molecule has 1 aromatic heterocycles. The Balaban J connectivity index is 2.28. The summed E-state index contributed by atoms with van der Waals surface area (Å²) in [4.78, 5) is 11.1. The van der Waals surface area contributed by atoms with E-state index in [0.717, 1.165) is 12.4 Å². The van der Waals surface area contributed by atoms with Gasteiger partial charge in [0.05, 0.1) is 13.1 Å². The Hall–Kier alpha value is -1.43. The second-order valence-corrected chi connectivity index (χ2v) is 3.09. The van der Waals surface area contributed by atoms with Crippen molar-refractivity contribution < 1.29 is 4.79 Å². The number of hydrogen-bond acceptors (Lipinski definition) is 4. The minimum atomic E-state index is 0.0000591. The number of rotatable bonds is 6. The first kappa shape index (κ1) is 11.6. The molecule has 0 bridgehead atoms. The van der Waals surface area contributed by atoms with Crippen molar-refractivity contribution in [3.63, 3.8) is 0 Å². The molecule has 0 aliphatic rings. The first-order valence-electron chi connectivity index (χ1n) is 5.12. The lowest BCUT2D eigenvalue weighted by molar-refractivity contribution is -0.120. The van der Waals surface area contributed by atoms with Gasteiger partial charge in [-0.25, -0.2) is 0 Å². The minimum absolute atomic E-state index is 0.0000591. The lowest BCUT2D eigenvalue weighted by Gasteiger charge is -2.05. The molecule has 0 saturated carbocycles. The Bertz CT molecular complexity index is 309. The maximum atomic E-state index is 11.1. The molecule has 1 amide bonds. The quantitative estimate of drug-likeness (QED) is 0.667. The van der Waals surface area contributed by atoms with E-state index in [4.69, 9.17) is 0 Å². The molecule has 2 N–H and O–H groups in total. The number of likely N-dealkylation sites (N-methyl/N-ethyl adjacent to an activating group) is 1. The van der Waals surface area contributed by atoms with Crippen LogP contribution >= 0.6 is 0 Å². The molecular formula is C9H17N5O. The predicted molar refractivity (Wildman–Crippen MR) is 56.1 cm³/mol. The van der Waals surface area contributed by atoms with Crippen molar-refractivity contribution in [3.05, 3.63) is 12.2 Å². The van der Waals surface area contributed by atoms with Crippen molar-refractivity contribution in [1.29, 1.82) is 0 Å². The molecule has 0 aliphatic carbocycles. The van der Waals surface area contributed by atoms with Crippen LogP contribution in [0.2, 0.25) is 0 Å². The summed E-state index contributed by atoms with van der Waals surface area (Å²) < 4.78 is 1.94. The van der Waals surface area contributed by atoms with Gasteiger partial charge in [-0.05, 0) is 13.8 Å². The van der Waals surface area contributed by atoms with Crippen LogP contribution in [0.25, 0.3) is 0 Å². The third-order valence-corrected chi connectivity index (χ3v) is 1.98. The Morgan fingerprint density at radius 3 is 3.00 bits per heavy atom. The van der Waals surface area contributed by atoms with Gasteiger partial charge in [0.15, 0.2) is 0 Å². The maximum Gasteiger partial charge on any atom is 0.233 e. The van der Waals surface area contributed by atoms with Crippen LogP contribution in [-0.2, 0) is 17.9 Å². The summed E-state index contributed by atoms with van der Waals surface area (Å²) in [5.41, 5.74) is 0. The second-order valence-electron chi connectivity index (χ2n) is 3.09. The van der Waals surface area contributed by atoms with Gasteiger partial charge < -0.3 is 15.2 Å². The van der Waals surface area contributed by atoms with E-state index < -0.39 is 0 Å². The van der Waals surface area contributed by atoms with Gasteiger partial charge in [0.1, 0.15) is 12.2 Å². The Morgan fingerprint density at radius 2 is 2.33 bits per heavy atom. The number of aromatic nitrogens is 3. The maximum absolute atomic E-state index is 11.1. The summed E-state index contributed by atoms with van der Waals surface area (Å²) in [6.45, 7) is 6.29. The molecule has 0 aromatic carbocycles. The van der Waals surface area contributed by atoms with Crippen LogP contribution in [0.3, 0.4) is 0 Å². The number of hydrogen-bond donors (Lipinski definition) is 2. The lowest BCUT2D eigenvalue weighted by atomic mass is 10.5. The molecule has 6 nitrogen and oxygen atoms in total. The van der Waals surface area contributed by atoms with Crippen molar-refractivity contribution in [2.24, 2.45) is 0 Å². The van der Waals surface area contributed by atoms with E-state index >= 15 is 0 Å². The topological polar surface area (TPSA) is 71.8 Å². The van der Waals surface area contributed by atoms with Crippen molar-refractivity contribution in [3.8, 4) is 0 Å². The summed E-state index contributed by atoms with van der Waals surface area (Å²) in [6, 6.07) is 0. The van der Waals surface area contributed by atoms with E-state index in [2.05, 4.69) is 20.8 Å². The normalized spacial score (nSPS) is 10.3. The van der Waals surface area contributed by atoms with E-state index in [1.165, 1.54) is 0 Å². The zero-order chi connectivity index (χ0) is 11.1. The SMILES string of the molecule is CCNC(=O)CNCc1nncn1CC. The molecule has 0 aliphatic heterocycles. The monoisotopic (exact) mass is 211 g/mol. The smallest absolute Gasteiger partial charge is 0.233 e. The molecule has 0 spiro atoms. The van der Waals surface area contributed by atoms with Gasteiger partial charge in [-0.2, -0.15) is 0 Å². The highest BCUT2D eigenvalue weighted by Gasteiger charge is 2.03. The minimum Gasteiger partial charge on any atom is -0.355 e. The van der Waals surface area contributed by atoms with Gasteiger partial charge in [-0.15, -0.1) is 10.2 Å². The van der Waals surface area contributed by atoms with Gasteiger partial charge >= 0.3 is 0 Å². The van der Waals surface area contributed by atoms with Gasteiger partial charge in [0.2, 0.25) is 5.91 Å². The van der Waals surface area contributed by atoms with Crippen molar-refractivity contribution in [1.82, 2.24) is 25.4 Å². The third-order valence-electron chi connectivity index (χ3n) is 1.98. The summed E-state index contributed by atoms with van der Waals surface area (Å²) in [6.07, 6.45) is 1.68. The standard InChI is InChI=1S/C9H17N5O/c1-3-11-9(15)6-10-5-8-13-12-7-14(8)4-2/h7,10H,3-6H2,1-2H3,(H,11,15). The van der Waals surface area contributed by atoms with Crippen molar-refractivity contribution >= 4 is 5.91 Å². The van der Waals surface area contributed by atoms with Gasteiger partial charge in [0.25, 0.3) is 0 Å². The van der Waals surface area contributed by atoms with E-state index in [-0.39, 0.29) is 5.91 Å². The molecule has 0 fully saturated rings. The summed E-state index contributed by atoms with van der Waals surface area (Å²) in [7, 11) is 0. The zero-order valence-electron chi connectivity index (χ0n) is 9.16. The Morgan fingerprint density at radius 1 is 1.53 bits per heavy atom. The fourth-order valence-electron chi connectivity index (χ4n) is 1.23. The molecule has 15 heavy (non-hydrogen) atoms. The summed E-state index contributed by atoms with van der Waals surface area (Å²) >= 11 is 0. The Labute approximate surface area is 89.1 Å². The van der Waals surface area contributed by atoms with E-state index in [1.807, 2.05) is 18.4 Å². The fourth-order valence-corrected chi connectivity index (χ4v) is 1.23. The van der Waals surface area contributed by atoms with Crippen molar-refractivity contribution in [2.45, 2.75) is 26.9 Å². The first-order valence-corrected chi connectivity index (χ1v) is 5.12. The average Bonchev–Trinajstić information content (AvgIpc) is 2.66. The largest absolute Gasteiger partial charge is 0.355 e. The van der Waals surface area contributed by atoms with Gasteiger partial charge in [-0.3, -0.25) is 4.79 Å². The lowest BCUT2D eigenvalue weighted by Crippen LogP contribution is -2.33. The molecule has 1 rings (SSSR count).